The van der Waals surface area contributed by atoms with Crippen LogP contribution in [0.15, 0.2) is 72.8 Å². The third-order valence-corrected chi connectivity index (χ3v) is 9.94. The van der Waals surface area contributed by atoms with Crippen LogP contribution in [0.1, 0.15) is 36.0 Å². The molecule has 5 nitrogen and oxygen atoms in total. The van der Waals surface area contributed by atoms with Gasteiger partial charge in [0, 0.05) is 30.9 Å². The van der Waals surface area contributed by atoms with Gasteiger partial charge < -0.3 is 19.5 Å². The van der Waals surface area contributed by atoms with Gasteiger partial charge in [0.15, 0.2) is 11.5 Å². The van der Waals surface area contributed by atoms with Gasteiger partial charge in [-0.3, -0.25) is 4.90 Å². The summed E-state index contributed by atoms with van der Waals surface area (Å²) in [4.78, 5) is 4.95. The zero-order chi connectivity index (χ0) is 25.2. The number of benzene rings is 3. The summed E-state index contributed by atoms with van der Waals surface area (Å²) >= 11 is 0. The lowest BCUT2D eigenvalue weighted by atomic mass is 9.48. The largest absolute Gasteiger partial charge is 0.493 e. The van der Waals surface area contributed by atoms with Crippen LogP contribution in [0.2, 0.25) is 0 Å². The number of aliphatic hydroxyl groups is 1. The highest BCUT2D eigenvalue weighted by atomic mass is 16.5. The monoisotopic (exact) mass is 496 g/mol. The normalized spacial score (nSPS) is 31.4. The third-order valence-electron chi connectivity index (χ3n) is 9.94. The molecule has 7 rings (SSSR count). The zero-order valence-electron chi connectivity index (χ0n) is 21.8. The number of methoxy groups -OCH3 is 1. The maximum Gasteiger partial charge on any atom is 0.166 e. The van der Waals surface area contributed by atoms with Crippen molar-refractivity contribution in [3.05, 3.63) is 89.5 Å². The van der Waals surface area contributed by atoms with Gasteiger partial charge in [-0.25, -0.2) is 0 Å². The number of para-hydroxylation sites is 1. The minimum absolute atomic E-state index is 0.0888. The molecule has 0 amide bonds. The van der Waals surface area contributed by atoms with E-state index in [0.717, 1.165) is 56.7 Å². The predicted molar refractivity (Wildman–Crippen MR) is 146 cm³/mol. The summed E-state index contributed by atoms with van der Waals surface area (Å²) in [5, 5.41) is 12.8. The molecule has 0 radical (unpaired) electrons. The van der Waals surface area contributed by atoms with E-state index in [4.69, 9.17) is 9.47 Å². The number of piperidine rings is 1. The molecule has 1 saturated carbocycles. The Balaban J connectivity index is 1.30. The van der Waals surface area contributed by atoms with Crippen LogP contribution in [-0.4, -0.2) is 61.0 Å². The summed E-state index contributed by atoms with van der Waals surface area (Å²) in [5.74, 6) is 1.66. The van der Waals surface area contributed by atoms with Crippen molar-refractivity contribution in [2.24, 2.45) is 0 Å². The number of hydrogen-bond acceptors (Lipinski definition) is 5. The smallest absolute Gasteiger partial charge is 0.166 e. The van der Waals surface area contributed by atoms with E-state index in [1.165, 1.54) is 22.4 Å². The van der Waals surface area contributed by atoms with Gasteiger partial charge in [-0.15, -0.1) is 0 Å². The Morgan fingerprint density at radius 1 is 1.03 bits per heavy atom. The molecule has 2 heterocycles. The van der Waals surface area contributed by atoms with Crippen LogP contribution in [-0.2, 0) is 18.3 Å². The van der Waals surface area contributed by atoms with Gasteiger partial charge in [0.1, 0.15) is 6.10 Å². The molecule has 1 N–H and O–H groups in total. The highest BCUT2D eigenvalue weighted by Crippen LogP contribution is 2.66. The van der Waals surface area contributed by atoms with E-state index in [1.54, 1.807) is 7.11 Å². The number of likely N-dealkylation sites (tertiary alicyclic amines) is 1. The van der Waals surface area contributed by atoms with Crippen LogP contribution in [0.25, 0.3) is 0 Å². The molecule has 2 aliphatic carbocycles. The minimum Gasteiger partial charge on any atom is -0.493 e. The van der Waals surface area contributed by atoms with E-state index in [9.17, 15) is 5.11 Å². The fourth-order valence-corrected chi connectivity index (χ4v) is 8.19. The molecular formula is C32H36N2O3. The summed E-state index contributed by atoms with van der Waals surface area (Å²) < 4.78 is 12.7. The van der Waals surface area contributed by atoms with Crippen LogP contribution in [0.4, 0.5) is 5.69 Å². The molecule has 3 aromatic carbocycles. The molecule has 1 saturated heterocycles. The molecule has 4 aliphatic rings. The first-order valence-electron chi connectivity index (χ1n) is 13.7. The molecule has 5 heteroatoms. The highest BCUT2D eigenvalue weighted by molar-refractivity contribution is 5.64. The third kappa shape index (κ3) is 3.17. The summed E-state index contributed by atoms with van der Waals surface area (Å²) in [6.45, 7) is 1.93. The van der Waals surface area contributed by atoms with Crippen LogP contribution in [0.3, 0.4) is 0 Å². The van der Waals surface area contributed by atoms with E-state index in [2.05, 4.69) is 89.6 Å². The number of nitrogens with zero attached hydrogens (tertiary/aromatic N) is 2. The van der Waals surface area contributed by atoms with Crippen LogP contribution in [0.5, 0.6) is 11.5 Å². The summed E-state index contributed by atoms with van der Waals surface area (Å²) in [6.07, 6.45) is 4.29. The second-order valence-electron chi connectivity index (χ2n) is 11.4. The molecule has 2 fully saturated rings. The van der Waals surface area contributed by atoms with Crippen molar-refractivity contribution >= 4 is 5.69 Å². The van der Waals surface area contributed by atoms with Crippen molar-refractivity contribution in [2.45, 2.75) is 61.3 Å². The second-order valence-corrected chi connectivity index (χ2v) is 11.4. The Kier molecular flexibility index (Phi) is 5.31. The molecule has 37 heavy (non-hydrogen) atoms. The van der Waals surface area contributed by atoms with Crippen molar-refractivity contribution in [3.8, 4) is 11.5 Å². The maximum atomic E-state index is 12.8. The Morgan fingerprint density at radius 2 is 1.78 bits per heavy atom. The van der Waals surface area contributed by atoms with Crippen LogP contribution < -0.4 is 14.4 Å². The fourth-order valence-electron chi connectivity index (χ4n) is 8.19. The molecular weight excluding hydrogens is 460 g/mol. The summed E-state index contributed by atoms with van der Waals surface area (Å²) in [7, 11) is 3.90. The fraction of sp³-hybridized carbons (Fsp3) is 0.438. The van der Waals surface area contributed by atoms with Gasteiger partial charge in [-0.2, -0.15) is 0 Å². The molecule has 5 atom stereocenters. The van der Waals surface area contributed by atoms with Gasteiger partial charge in [0.25, 0.3) is 0 Å². The van der Waals surface area contributed by atoms with Gasteiger partial charge in [-0.1, -0.05) is 54.6 Å². The van der Waals surface area contributed by atoms with Gasteiger partial charge in [0.2, 0.25) is 0 Å². The van der Waals surface area contributed by atoms with Gasteiger partial charge in [-0.05, 0) is 68.0 Å². The first kappa shape index (κ1) is 23.1. The summed E-state index contributed by atoms with van der Waals surface area (Å²) in [5.41, 5.74) is 3.84. The van der Waals surface area contributed by atoms with Gasteiger partial charge in [0.05, 0.1) is 24.2 Å². The zero-order valence-corrected chi connectivity index (χ0v) is 21.8. The van der Waals surface area contributed by atoms with E-state index >= 15 is 0 Å². The first-order valence-corrected chi connectivity index (χ1v) is 13.7. The lowest BCUT2D eigenvalue weighted by molar-refractivity contribution is -0.188. The van der Waals surface area contributed by atoms with Crippen molar-refractivity contribution in [1.82, 2.24) is 4.90 Å². The predicted octanol–water partition coefficient (Wildman–Crippen LogP) is 4.60. The Morgan fingerprint density at radius 3 is 2.54 bits per heavy atom. The quantitative estimate of drug-likeness (QED) is 0.541. The number of ether oxygens (including phenoxy) is 2. The van der Waals surface area contributed by atoms with E-state index < -0.39 is 11.0 Å². The number of likely N-dealkylation sites (N-methyl/N-ethyl adjacent to an activating group) is 1. The maximum absolute atomic E-state index is 12.8. The second kappa shape index (κ2) is 8.50. The minimum atomic E-state index is -0.828. The number of rotatable bonds is 6. The molecule has 3 aromatic rings. The lowest BCUT2D eigenvalue weighted by Crippen LogP contribution is -2.78. The molecule has 0 aromatic heterocycles. The SMILES string of the molecule is COc1ccc2c3c1O[C@H]1C(N(C)c4ccccc4)CC[C@@]4(O)[C@@H](C2)N(CCc2ccccc2)CC[C@]314. The molecule has 2 aliphatic heterocycles. The topological polar surface area (TPSA) is 45.2 Å². The summed E-state index contributed by atoms with van der Waals surface area (Å²) in [6, 6.07) is 25.9. The van der Waals surface area contributed by atoms with Crippen molar-refractivity contribution < 1.29 is 14.6 Å². The Bertz CT molecular complexity index is 1300. The van der Waals surface area contributed by atoms with E-state index in [1.807, 2.05) is 0 Å². The van der Waals surface area contributed by atoms with E-state index in [0.29, 0.717) is 0 Å². The van der Waals surface area contributed by atoms with Crippen molar-refractivity contribution in [1.29, 1.82) is 0 Å². The number of anilines is 1. The number of hydrogen-bond donors (Lipinski definition) is 1. The average molecular weight is 497 g/mol. The van der Waals surface area contributed by atoms with Crippen molar-refractivity contribution in [2.75, 3.05) is 32.1 Å². The Labute approximate surface area is 219 Å². The molecule has 1 spiro atoms. The first-order chi connectivity index (χ1) is 18.1. The average Bonchev–Trinajstić information content (AvgIpc) is 3.29. The Hall–Kier alpha value is -3.02. The molecule has 1 unspecified atom stereocenters. The van der Waals surface area contributed by atoms with Crippen LogP contribution >= 0.6 is 0 Å². The lowest BCUT2D eigenvalue weighted by Gasteiger charge is -2.64. The standard InChI is InChI=1S/C32H36N2O3/c1-33(24-11-7-4-8-12-24)25-15-17-32(35)27-21-23-13-14-26(36-2)29-28(23)31(32,30(25)37-29)18-20-34(27)19-16-22-9-5-3-6-10-22/h3-14,25,27,30,35H,15-21H2,1-2H3/t25?,27-,30+,31+,32-/m1/s1. The molecule has 192 valence electrons. The highest BCUT2D eigenvalue weighted by Gasteiger charge is 2.73. The van der Waals surface area contributed by atoms with E-state index in [-0.39, 0.29) is 18.2 Å². The van der Waals surface area contributed by atoms with Crippen molar-refractivity contribution in [3.63, 3.8) is 0 Å². The molecule has 2 bridgehead atoms. The van der Waals surface area contributed by atoms with Gasteiger partial charge >= 0.3 is 0 Å². The van der Waals surface area contributed by atoms with Crippen LogP contribution in [0, 0.1) is 0 Å².